The summed E-state index contributed by atoms with van der Waals surface area (Å²) in [6.07, 6.45) is -0.985. The Bertz CT molecular complexity index is 502. The molecule has 0 bridgehead atoms. The molecule has 0 spiro atoms. The van der Waals surface area contributed by atoms with Gasteiger partial charge >= 0.3 is 6.09 Å². The molecule has 1 amide bonds. The quantitative estimate of drug-likeness (QED) is 0.878. The maximum absolute atomic E-state index is 11.0. The smallest absolute Gasteiger partial charge is 0.413 e. The van der Waals surface area contributed by atoms with Gasteiger partial charge in [-0.15, -0.1) is 0 Å². The summed E-state index contributed by atoms with van der Waals surface area (Å²) in [5.74, 6) is 0.473. The lowest BCUT2D eigenvalue weighted by atomic mass is 10.1. The molecule has 0 unspecified atom stereocenters. The minimum absolute atomic E-state index is 0.403. The standard InChI is InChI=1S/C12H14ClN3O2/c1-14-7-9-3-2-8(6-10(9)13)11-15-4-5-16(11)12(17)18/h2-3,6,14H,4-5,7H2,1H3,(H,17,18). The SMILES string of the molecule is CNCc1ccc(C2=NCCN2C(=O)O)cc1Cl. The van der Waals surface area contributed by atoms with E-state index < -0.39 is 6.09 Å². The molecule has 2 rings (SSSR count). The second-order valence-corrected chi connectivity index (χ2v) is 4.38. The van der Waals surface area contributed by atoms with E-state index in [0.717, 1.165) is 11.1 Å². The predicted octanol–water partition coefficient (Wildman–Crippen LogP) is 1.80. The lowest BCUT2D eigenvalue weighted by Gasteiger charge is -2.15. The number of hydrogen-bond acceptors (Lipinski definition) is 3. The van der Waals surface area contributed by atoms with Gasteiger partial charge in [0.2, 0.25) is 0 Å². The third kappa shape index (κ3) is 2.47. The van der Waals surface area contributed by atoms with Gasteiger partial charge in [0.15, 0.2) is 0 Å². The molecule has 0 radical (unpaired) electrons. The van der Waals surface area contributed by atoms with Crippen molar-refractivity contribution in [1.29, 1.82) is 0 Å². The highest BCUT2D eigenvalue weighted by atomic mass is 35.5. The zero-order chi connectivity index (χ0) is 13.1. The van der Waals surface area contributed by atoms with E-state index in [1.165, 1.54) is 4.90 Å². The fourth-order valence-corrected chi connectivity index (χ4v) is 2.15. The number of carboxylic acid groups (broad SMARTS) is 1. The molecule has 96 valence electrons. The number of benzene rings is 1. The molecule has 0 aliphatic carbocycles. The minimum atomic E-state index is -0.985. The summed E-state index contributed by atoms with van der Waals surface area (Å²) in [7, 11) is 1.84. The third-order valence-corrected chi connectivity index (χ3v) is 3.10. The zero-order valence-electron chi connectivity index (χ0n) is 9.98. The van der Waals surface area contributed by atoms with Gasteiger partial charge in [-0.25, -0.2) is 4.79 Å². The van der Waals surface area contributed by atoms with Gasteiger partial charge in [0.05, 0.1) is 13.1 Å². The van der Waals surface area contributed by atoms with Crippen molar-refractivity contribution in [3.05, 3.63) is 34.3 Å². The summed E-state index contributed by atoms with van der Waals surface area (Å²) in [6.45, 7) is 1.58. The van der Waals surface area contributed by atoms with Crippen LogP contribution in [0.5, 0.6) is 0 Å². The fourth-order valence-electron chi connectivity index (χ4n) is 1.90. The Morgan fingerprint density at radius 1 is 1.61 bits per heavy atom. The van der Waals surface area contributed by atoms with E-state index in [0.29, 0.717) is 30.5 Å². The molecule has 6 heteroatoms. The van der Waals surface area contributed by atoms with E-state index in [9.17, 15) is 4.79 Å². The van der Waals surface area contributed by atoms with E-state index >= 15 is 0 Å². The second-order valence-electron chi connectivity index (χ2n) is 3.98. The fraction of sp³-hybridized carbons (Fsp3) is 0.333. The molecule has 2 N–H and O–H groups in total. The summed E-state index contributed by atoms with van der Waals surface area (Å²) in [5, 5.41) is 12.7. The van der Waals surface area contributed by atoms with Crippen LogP contribution in [0.3, 0.4) is 0 Å². The Morgan fingerprint density at radius 3 is 3.00 bits per heavy atom. The van der Waals surface area contributed by atoms with E-state index in [2.05, 4.69) is 10.3 Å². The summed E-state index contributed by atoms with van der Waals surface area (Å²) in [6, 6.07) is 5.49. The molecule has 0 aromatic heterocycles. The number of rotatable bonds is 3. The first-order valence-electron chi connectivity index (χ1n) is 5.62. The Labute approximate surface area is 110 Å². The Morgan fingerprint density at radius 2 is 2.39 bits per heavy atom. The molecular weight excluding hydrogens is 254 g/mol. The van der Waals surface area contributed by atoms with Gasteiger partial charge in [0.1, 0.15) is 5.84 Å². The lowest BCUT2D eigenvalue weighted by Crippen LogP contribution is -2.33. The number of nitrogens with one attached hydrogen (secondary N) is 1. The Balaban J connectivity index is 2.29. The largest absolute Gasteiger partial charge is 0.465 e. The minimum Gasteiger partial charge on any atom is -0.465 e. The summed E-state index contributed by atoms with van der Waals surface area (Å²) in [5.41, 5.74) is 1.71. The molecule has 0 saturated heterocycles. The summed E-state index contributed by atoms with van der Waals surface area (Å²) in [4.78, 5) is 16.5. The van der Waals surface area contributed by atoms with Crippen LogP contribution in [0.4, 0.5) is 4.79 Å². The van der Waals surface area contributed by atoms with Crippen molar-refractivity contribution in [3.8, 4) is 0 Å². The van der Waals surface area contributed by atoms with E-state index in [4.69, 9.17) is 16.7 Å². The molecular formula is C12H14ClN3O2. The molecule has 1 aliphatic rings. The highest BCUT2D eigenvalue weighted by molar-refractivity contribution is 6.31. The van der Waals surface area contributed by atoms with Crippen LogP contribution in [-0.2, 0) is 6.54 Å². The van der Waals surface area contributed by atoms with Gasteiger partial charge < -0.3 is 10.4 Å². The average Bonchev–Trinajstić information content (AvgIpc) is 2.81. The van der Waals surface area contributed by atoms with Crippen molar-refractivity contribution in [1.82, 2.24) is 10.2 Å². The molecule has 1 aliphatic heterocycles. The van der Waals surface area contributed by atoms with Crippen LogP contribution in [-0.4, -0.2) is 42.1 Å². The Kier molecular flexibility index (Phi) is 3.84. The van der Waals surface area contributed by atoms with Gasteiger partial charge in [-0.3, -0.25) is 9.89 Å². The maximum Gasteiger partial charge on any atom is 0.413 e. The van der Waals surface area contributed by atoms with Crippen molar-refractivity contribution < 1.29 is 9.90 Å². The summed E-state index contributed by atoms with van der Waals surface area (Å²) < 4.78 is 0. The van der Waals surface area contributed by atoms with Crippen molar-refractivity contribution in [2.75, 3.05) is 20.1 Å². The number of aliphatic imine (C=N–C) groups is 1. The monoisotopic (exact) mass is 267 g/mol. The zero-order valence-corrected chi connectivity index (χ0v) is 10.7. The first-order chi connectivity index (χ1) is 8.63. The number of carbonyl (C=O) groups is 1. The van der Waals surface area contributed by atoms with Crippen LogP contribution in [0.25, 0.3) is 0 Å². The van der Waals surface area contributed by atoms with Crippen LogP contribution in [0.15, 0.2) is 23.2 Å². The molecule has 0 saturated carbocycles. The van der Waals surface area contributed by atoms with E-state index in [1.54, 1.807) is 6.07 Å². The van der Waals surface area contributed by atoms with Crippen molar-refractivity contribution in [3.63, 3.8) is 0 Å². The molecule has 1 heterocycles. The molecule has 1 aromatic rings. The third-order valence-electron chi connectivity index (χ3n) is 2.75. The first kappa shape index (κ1) is 12.9. The van der Waals surface area contributed by atoms with Crippen LogP contribution in [0.2, 0.25) is 5.02 Å². The van der Waals surface area contributed by atoms with Crippen molar-refractivity contribution >= 4 is 23.5 Å². The number of halogens is 1. The van der Waals surface area contributed by atoms with Crippen LogP contribution in [0, 0.1) is 0 Å². The number of amides is 1. The van der Waals surface area contributed by atoms with E-state index in [-0.39, 0.29) is 0 Å². The molecule has 0 atom stereocenters. The highest BCUT2D eigenvalue weighted by Crippen LogP contribution is 2.20. The Hall–Kier alpha value is -1.59. The average molecular weight is 268 g/mol. The predicted molar refractivity (Wildman–Crippen MR) is 70.4 cm³/mol. The lowest BCUT2D eigenvalue weighted by molar-refractivity contribution is 0.172. The normalized spacial score (nSPS) is 14.8. The maximum atomic E-state index is 11.0. The van der Waals surface area contributed by atoms with Crippen LogP contribution < -0.4 is 5.32 Å². The highest BCUT2D eigenvalue weighted by Gasteiger charge is 2.24. The summed E-state index contributed by atoms with van der Waals surface area (Å²) >= 11 is 6.15. The van der Waals surface area contributed by atoms with Gasteiger partial charge in [-0.05, 0) is 18.7 Å². The van der Waals surface area contributed by atoms with Gasteiger partial charge in [0, 0.05) is 17.1 Å². The van der Waals surface area contributed by atoms with Crippen LogP contribution >= 0.6 is 11.6 Å². The molecule has 0 fully saturated rings. The topological polar surface area (TPSA) is 64.9 Å². The van der Waals surface area contributed by atoms with Crippen molar-refractivity contribution in [2.45, 2.75) is 6.54 Å². The first-order valence-corrected chi connectivity index (χ1v) is 5.99. The number of amidine groups is 1. The van der Waals surface area contributed by atoms with Crippen LogP contribution in [0.1, 0.15) is 11.1 Å². The molecule has 1 aromatic carbocycles. The van der Waals surface area contributed by atoms with Gasteiger partial charge in [-0.2, -0.15) is 0 Å². The van der Waals surface area contributed by atoms with E-state index in [1.807, 2.05) is 19.2 Å². The number of nitrogens with zero attached hydrogens (tertiary/aromatic N) is 2. The molecule has 5 nitrogen and oxygen atoms in total. The molecule has 18 heavy (non-hydrogen) atoms. The number of hydrogen-bond donors (Lipinski definition) is 2. The second kappa shape index (κ2) is 5.37. The van der Waals surface area contributed by atoms with Crippen molar-refractivity contribution in [2.24, 2.45) is 4.99 Å². The van der Waals surface area contributed by atoms with Gasteiger partial charge in [0.25, 0.3) is 0 Å². The van der Waals surface area contributed by atoms with Gasteiger partial charge in [-0.1, -0.05) is 23.7 Å².